The molecule has 9 rings (SSSR count). The van der Waals surface area contributed by atoms with Crippen molar-refractivity contribution in [3.8, 4) is 0 Å². The summed E-state index contributed by atoms with van der Waals surface area (Å²) >= 11 is 0. The number of carbonyl (C=O) groups excluding carboxylic acids is 1. The largest absolute Gasteiger partial charge is 0.381 e. The second-order valence-electron chi connectivity index (χ2n) is 18.1. The van der Waals surface area contributed by atoms with E-state index in [1.54, 1.807) is 53.2 Å². The molecule has 6 aromatic rings. The maximum Gasteiger partial charge on any atom is 0.227 e. The van der Waals surface area contributed by atoms with Crippen LogP contribution in [-0.4, -0.2) is 155 Å². The SMILES string of the molecule is C1CCOC1.COC1CCN(c2nccc(Nc3cc4c(cn3)nc(COCC(OC)OC)n4C(C)C)n2)CC1.COC1CCN(c2nccc(Nc3cc4c(cn3)nc(COCC=O)n4C(C)C)n2)CC1. The van der Waals surface area contributed by atoms with E-state index in [1.165, 1.54) is 12.8 Å². The number of aromatic nitrogens is 10. The molecule has 72 heavy (non-hydrogen) atoms. The van der Waals surface area contributed by atoms with E-state index in [1.807, 2.05) is 24.3 Å². The number of hydrogen-bond acceptors (Lipinski definition) is 20. The summed E-state index contributed by atoms with van der Waals surface area (Å²) in [6.07, 6.45) is 14.4. The Morgan fingerprint density at radius 2 is 1.10 bits per heavy atom. The minimum absolute atomic E-state index is 0.0472. The summed E-state index contributed by atoms with van der Waals surface area (Å²) < 4.78 is 41.7. The monoisotopic (exact) mass is 997 g/mol. The minimum atomic E-state index is -0.409. The van der Waals surface area contributed by atoms with Gasteiger partial charge in [-0.25, -0.2) is 29.9 Å². The lowest BCUT2D eigenvalue weighted by Gasteiger charge is -2.31. The number of aldehydes is 1. The first-order chi connectivity index (χ1) is 35.1. The molecule has 0 aromatic carbocycles. The van der Waals surface area contributed by atoms with Crippen molar-refractivity contribution >= 4 is 63.5 Å². The molecule has 3 saturated heterocycles. The third-order valence-corrected chi connectivity index (χ3v) is 12.5. The molecule has 0 saturated carbocycles. The minimum Gasteiger partial charge on any atom is -0.381 e. The molecule has 0 spiro atoms. The number of anilines is 6. The Hall–Kier alpha value is -6.01. The normalized spacial score (nSPS) is 15.6. The third-order valence-electron chi connectivity index (χ3n) is 12.5. The molecule has 3 aliphatic rings. The summed E-state index contributed by atoms with van der Waals surface area (Å²) in [4.78, 5) is 51.7. The molecule has 0 radical (unpaired) electrons. The van der Waals surface area contributed by atoms with Gasteiger partial charge in [0.1, 0.15) is 72.1 Å². The number of pyridine rings is 2. The van der Waals surface area contributed by atoms with Gasteiger partial charge in [-0.1, -0.05) is 0 Å². The predicted octanol–water partition coefficient (Wildman–Crippen LogP) is 6.97. The molecule has 0 amide bonds. The number of nitrogens with one attached hydrogen (secondary N) is 2. The van der Waals surface area contributed by atoms with Crippen LogP contribution in [0.2, 0.25) is 0 Å². The molecule has 2 N–H and O–H groups in total. The van der Waals surface area contributed by atoms with Gasteiger partial charge >= 0.3 is 0 Å². The molecule has 22 heteroatoms. The highest BCUT2D eigenvalue weighted by Crippen LogP contribution is 2.28. The van der Waals surface area contributed by atoms with Crippen LogP contribution in [0, 0.1) is 0 Å². The number of hydrogen-bond donors (Lipinski definition) is 2. The maximum absolute atomic E-state index is 10.6. The van der Waals surface area contributed by atoms with Crippen LogP contribution in [0.4, 0.5) is 35.2 Å². The van der Waals surface area contributed by atoms with Crippen molar-refractivity contribution in [2.75, 3.05) is 101 Å². The second-order valence-corrected chi connectivity index (χ2v) is 18.1. The van der Waals surface area contributed by atoms with Crippen LogP contribution >= 0.6 is 0 Å². The highest BCUT2D eigenvalue weighted by atomic mass is 16.7. The van der Waals surface area contributed by atoms with Gasteiger partial charge in [0.05, 0.1) is 42.2 Å². The first kappa shape index (κ1) is 53.8. The number of methoxy groups -OCH3 is 4. The fraction of sp³-hybridized carbons (Fsp3) is 0.580. The summed E-state index contributed by atoms with van der Waals surface area (Å²) in [7, 11) is 6.71. The van der Waals surface area contributed by atoms with E-state index in [0.29, 0.717) is 60.6 Å². The number of imidazole rings is 2. The van der Waals surface area contributed by atoms with Gasteiger partial charge in [-0.3, -0.25) is 0 Å². The second kappa shape index (κ2) is 27.2. The molecular formula is C50H72N14O8. The van der Waals surface area contributed by atoms with E-state index in [-0.39, 0.29) is 25.3 Å². The highest BCUT2D eigenvalue weighted by molar-refractivity contribution is 5.80. The molecule has 0 aliphatic carbocycles. The molecule has 6 aromatic heterocycles. The summed E-state index contributed by atoms with van der Waals surface area (Å²) in [5.74, 6) is 5.73. The molecule has 0 atom stereocenters. The Morgan fingerprint density at radius 3 is 1.49 bits per heavy atom. The van der Waals surface area contributed by atoms with Crippen molar-refractivity contribution in [3.05, 3.63) is 60.7 Å². The van der Waals surface area contributed by atoms with Crippen molar-refractivity contribution in [2.45, 2.75) is 110 Å². The van der Waals surface area contributed by atoms with Crippen molar-refractivity contribution in [1.82, 2.24) is 49.0 Å². The van der Waals surface area contributed by atoms with Gasteiger partial charge in [0, 0.05) is 104 Å². The van der Waals surface area contributed by atoms with Crippen molar-refractivity contribution in [1.29, 1.82) is 0 Å². The van der Waals surface area contributed by atoms with Crippen LogP contribution in [0.1, 0.15) is 90.0 Å². The Balaban J connectivity index is 0.000000193. The van der Waals surface area contributed by atoms with Crippen LogP contribution in [0.5, 0.6) is 0 Å². The summed E-state index contributed by atoms with van der Waals surface area (Å²) in [5, 5.41) is 6.62. The number of nitrogens with zero attached hydrogens (tertiary/aromatic N) is 12. The Bertz CT molecular complexity index is 2580. The molecule has 390 valence electrons. The van der Waals surface area contributed by atoms with Gasteiger partial charge in [0.25, 0.3) is 0 Å². The fourth-order valence-electron chi connectivity index (χ4n) is 8.76. The maximum atomic E-state index is 10.6. The van der Waals surface area contributed by atoms with Gasteiger partial charge in [0.15, 0.2) is 6.29 Å². The Morgan fingerprint density at radius 1 is 0.639 bits per heavy atom. The van der Waals surface area contributed by atoms with E-state index in [9.17, 15) is 4.79 Å². The van der Waals surface area contributed by atoms with Crippen LogP contribution in [0.3, 0.4) is 0 Å². The average molecular weight is 997 g/mol. The molecule has 3 aliphatic heterocycles. The smallest absolute Gasteiger partial charge is 0.227 e. The third kappa shape index (κ3) is 14.6. The van der Waals surface area contributed by atoms with E-state index in [4.69, 9.17) is 43.1 Å². The van der Waals surface area contributed by atoms with Crippen LogP contribution < -0.4 is 20.4 Å². The zero-order valence-electron chi connectivity index (χ0n) is 43.0. The zero-order chi connectivity index (χ0) is 50.8. The number of ether oxygens (including phenoxy) is 7. The topological polar surface area (TPSA) is 225 Å². The number of rotatable bonds is 20. The molecule has 0 unspecified atom stereocenters. The standard InChI is InChI=1S/C24H35N7O4.C22H29N7O3.C4H8O/c1-16(2)31-19-12-21(26-13-18(19)27-22(31)14-35-15-23(33-4)34-5)28-20-6-9-25-24(29-20)30-10-7-17(32-3)8-11-30;1-15(2)29-18-12-20(24-13-17(18)25-21(29)14-32-11-10-30)26-19-4-7-23-22(27-19)28-8-5-16(31-3)6-9-28;1-2-4-5-3-1/h6,9,12-13,16-17,23H,7-8,10-11,14-15H2,1-5H3,(H,25,26,28,29);4,7,10,12-13,15-16H,5-6,8-9,11,14H2,1-3H3,(H,23,24,26,27);1-4H2. The fourth-order valence-corrected chi connectivity index (χ4v) is 8.76. The van der Waals surface area contributed by atoms with Crippen molar-refractivity contribution in [3.63, 3.8) is 0 Å². The van der Waals surface area contributed by atoms with Crippen LogP contribution in [-0.2, 0) is 51.2 Å². The van der Waals surface area contributed by atoms with Crippen LogP contribution in [0.25, 0.3) is 22.1 Å². The lowest BCUT2D eigenvalue weighted by molar-refractivity contribution is -0.143. The van der Waals surface area contributed by atoms with Crippen molar-refractivity contribution in [2.24, 2.45) is 0 Å². The average Bonchev–Trinajstić information content (AvgIpc) is 4.19. The Kier molecular flexibility index (Phi) is 20.3. The van der Waals surface area contributed by atoms with E-state index < -0.39 is 6.29 Å². The molecular weight excluding hydrogens is 925 g/mol. The quantitative estimate of drug-likeness (QED) is 0.0447. The number of carbonyl (C=O) groups is 1. The first-order valence-electron chi connectivity index (χ1n) is 24.8. The van der Waals surface area contributed by atoms with Gasteiger partial charge in [0.2, 0.25) is 11.9 Å². The van der Waals surface area contributed by atoms with Gasteiger partial charge in [-0.2, -0.15) is 9.97 Å². The van der Waals surface area contributed by atoms with Gasteiger partial charge in [-0.05, 0) is 78.4 Å². The molecule has 0 bridgehead atoms. The number of fused-ring (bicyclic) bond motifs is 2. The lowest BCUT2D eigenvalue weighted by atomic mass is 10.1. The van der Waals surface area contributed by atoms with Crippen LogP contribution in [0.15, 0.2) is 49.1 Å². The summed E-state index contributed by atoms with van der Waals surface area (Å²) in [6, 6.07) is 7.98. The van der Waals surface area contributed by atoms with Gasteiger partial charge < -0.3 is 67.5 Å². The number of piperidine rings is 2. The zero-order valence-corrected chi connectivity index (χ0v) is 43.0. The van der Waals surface area contributed by atoms with Gasteiger partial charge in [-0.15, -0.1) is 0 Å². The van der Waals surface area contributed by atoms with Crippen molar-refractivity contribution < 1.29 is 38.0 Å². The molecule has 9 heterocycles. The predicted molar refractivity (Wildman–Crippen MR) is 274 cm³/mol. The highest BCUT2D eigenvalue weighted by Gasteiger charge is 2.23. The molecule has 22 nitrogen and oxygen atoms in total. The Labute approximate surface area is 421 Å². The van der Waals surface area contributed by atoms with E-state index in [2.05, 4.69) is 87.2 Å². The summed E-state index contributed by atoms with van der Waals surface area (Å²) in [5.41, 5.74) is 3.50. The molecule has 3 fully saturated rings. The summed E-state index contributed by atoms with van der Waals surface area (Å²) in [6.45, 7) is 14.9. The van der Waals surface area contributed by atoms with E-state index in [0.717, 1.165) is 105 Å². The lowest BCUT2D eigenvalue weighted by Crippen LogP contribution is -2.37. The van der Waals surface area contributed by atoms with E-state index >= 15 is 0 Å². The first-order valence-corrected chi connectivity index (χ1v) is 24.8.